The highest BCUT2D eigenvalue weighted by atomic mass is 16.2. The molecule has 7 heteroatoms. The van der Waals surface area contributed by atoms with Crippen LogP contribution in [0.1, 0.15) is 40.4 Å². The molecule has 0 bridgehead atoms. The molecule has 0 fully saturated rings. The van der Waals surface area contributed by atoms with Crippen molar-refractivity contribution in [3.63, 3.8) is 0 Å². The van der Waals surface area contributed by atoms with E-state index >= 15 is 0 Å². The van der Waals surface area contributed by atoms with Gasteiger partial charge in [-0.3, -0.25) is 4.79 Å². The molecule has 26 heavy (non-hydrogen) atoms. The largest absolute Gasteiger partial charge is 0.347 e. The zero-order valence-corrected chi connectivity index (χ0v) is 15.6. The zero-order chi connectivity index (χ0) is 18.7. The van der Waals surface area contributed by atoms with Gasteiger partial charge in [-0.1, -0.05) is 31.2 Å². The summed E-state index contributed by atoms with van der Waals surface area (Å²) in [5.41, 5.74) is 3.34. The summed E-state index contributed by atoms with van der Waals surface area (Å²) in [5.74, 6) is 0.257. The van der Waals surface area contributed by atoms with E-state index in [-0.39, 0.29) is 17.8 Å². The number of fused-ring (bicyclic) bond motifs is 1. The number of carbonyl (C=O) groups excluding carboxylic acids is 1. The second-order valence-corrected chi connectivity index (χ2v) is 6.52. The molecule has 0 spiro atoms. The van der Waals surface area contributed by atoms with Gasteiger partial charge in [-0.2, -0.15) is 4.98 Å². The molecule has 0 saturated heterocycles. The highest BCUT2D eigenvalue weighted by Crippen LogP contribution is 2.18. The van der Waals surface area contributed by atoms with Crippen LogP contribution in [0.25, 0.3) is 5.78 Å². The number of aryl methyl sites for hydroxylation is 2. The number of nitrogens with zero attached hydrogens (tertiary/aromatic N) is 5. The summed E-state index contributed by atoms with van der Waals surface area (Å²) < 4.78 is 1.57. The van der Waals surface area contributed by atoms with Crippen molar-refractivity contribution in [2.45, 2.75) is 26.3 Å². The van der Waals surface area contributed by atoms with Gasteiger partial charge in [0.25, 0.3) is 11.7 Å². The molecule has 0 aliphatic rings. The SMILES string of the molecule is CCc1ccc(C(CNC(=O)c2nc3nccc(C)n3n2)N(C)C)cc1. The van der Waals surface area contributed by atoms with E-state index in [1.807, 2.05) is 27.1 Å². The zero-order valence-electron chi connectivity index (χ0n) is 15.6. The highest BCUT2D eigenvalue weighted by Gasteiger charge is 2.18. The Morgan fingerprint density at radius 3 is 2.58 bits per heavy atom. The second kappa shape index (κ2) is 7.61. The number of rotatable bonds is 6. The Bertz CT molecular complexity index is 900. The summed E-state index contributed by atoms with van der Waals surface area (Å²) in [6.07, 6.45) is 2.67. The van der Waals surface area contributed by atoms with Crippen LogP contribution in [-0.4, -0.2) is 51.0 Å². The van der Waals surface area contributed by atoms with Crippen LogP contribution < -0.4 is 5.32 Å². The molecule has 3 rings (SSSR count). The molecule has 1 amide bonds. The van der Waals surface area contributed by atoms with Crippen molar-refractivity contribution in [3.8, 4) is 0 Å². The molecule has 0 aliphatic heterocycles. The molecular formula is C19H24N6O. The van der Waals surface area contributed by atoms with E-state index in [4.69, 9.17) is 0 Å². The predicted octanol–water partition coefficient (Wildman–Crippen LogP) is 2.03. The average molecular weight is 352 g/mol. The number of hydrogen-bond acceptors (Lipinski definition) is 5. The monoisotopic (exact) mass is 352 g/mol. The van der Waals surface area contributed by atoms with E-state index < -0.39 is 0 Å². The molecule has 1 unspecified atom stereocenters. The summed E-state index contributed by atoms with van der Waals surface area (Å²) >= 11 is 0. The fraction of sp³-hybridized carbons (Fsp3) is 0.368. The minimum atomic E-state index is -0.299. The van der Waals surface area contributed by atoms with Crippen LogP contribution in [0.3, 0.4) is 0 Å². The molecule has 0 saturated carbocycles. The summed E-state index contributed by atoms with van der Waals surface area (Å²) in [7, 11) is 4.00. The van der Waals surface area contributed by atoms with Crippen LogP contribution in [0.15, 0.2) is 36.5 Å². The molecule has 2 aromatic heterocycles. The highest BCUT2D eigenvalue weighted by molar-refractivity contribution is 5.90. The van der Waals surface area contributed by atoms with Gasteiger partial charge in [-0.25, -0.2) is 9.50 Å². The second-order valence-electron chi connectivity index (χ2n) is 6.52. The summed E-state index contributed by atoms with van der Waals surface area (Å²) in [6.45, 7) is 4.50. The number of carbonyl (C=O) groups is 1. The first kappa shape index (κ1) is 18.0. The van der Waals surface area contributed by atoms with E-state index in [0.29, 0.717) is 12.3 Å². The first-order chi connectivity index (χ1) is 12.5. The van der Waals surface area contributed by atoms with Crippen LogP contribution >= 0.6 is 0 Å². The Morgan fingerprint density at radius 2 is 1.96 bits per heavy atom. The normalized spacial score (nSPS) is 12.5. The van der Waals surface area contributed by atoms with Crippen molar-refractivity contribution >= 4 is 11.7 Å². The topological polar surface area (TPSA) is 75.4 Å². The predicted molar refractivity (Wildman–Crippen MR) is 100 cm³/mol. The lowest BCUT2D eigenvalue weighted by molar-refractivity contribution is 0.0931. The number of amides is 1. The molecule has 1 atom stereocenters. The van der Waals surface area contributed by atoms with Gasteiger partial charge >= 0.3 is 0 Å². The Kier molecular flexibility index (Phi) is 5.27. The number of hydrogen-bond donors (Lipinski definition) is 1. The minimum Gasteiger partial charge on any atom is -0.347 e. The van der Waals surface area contributed by atoms with Crippen molar-refractivity contribution in [3.05, 3.63) is 59.2 Å². The maximum atomic E-state index is 12.5. The third-order valence-electron chi connectivity index (χ3n) is 4.49. The van der Waals surface area contributed by atoms with Crippen LogP contribution in [0.2, 0.25) is 0 Å². The molecule has 0 aliphatic carbocycles. The molecule has 1 N–H and O–H groups in total. The summed E-state index contributed by atoms with van der Waals surface area (Å²) in [4.78, 5) is 22.9. The Labute approximate surface area is 153 Å². The van der Waals surface area contributed by atoms with E-state index in [1.54, 1.807) is 10.7 Å². The third kappa shape index (κ3) is 3.72. The quantitative estimate of drug-likeness (QED) is 0.735. The van der Waals surface area contributed by atoms with Gasteiger partial charge in [0.1, 0.15) is 0 Å². The van der Waals surface area contributed by atoms with Crippen molar-refractivity contribution < 1.29 is 4.79 Å². The van der Waals surface area contributed by atoms with Crippen molar-refractivity contribution in [1.82, 2.24) is 29.8 Å². The minimum absolute atomic E-state index is 0.0711. The molecule has 7 nitrogen and oxygen atoms in total. The molecule has 2 heterocycles. The van der Waals surface area contributed by atoms with Crippen LogP contribution in [0.4, 0.5) is 0 Å². The molecule has 1 aromatic carbocycles. The number of aromatic nitrogens is 4. The van der Waals surface area contributed by atoms with Crippen molar-refractivity contribution in [2.24, 2.45) is 0 Å². The van der Waals surface area contributed by atoms with Gasteiger partial charge in [0.15, 0.2) is 0 Å². The Balaban J connectivity index is 1.73. The van der Waals surface area contributed by atoms with E-state index in [0.717, 1.165) is 17.7 Å². The van der Waals surface area contributed by atoms with E-state index in [9.17, 15) is 4.79 Å². The lowest BCUT2D eigenvalue weighted by atomic mass is 10.0. The first-order valence-corrected chi connectivity index (χ1v) is 8.71. The van der Waals surface area contributed by atoms with Gasteiger partial charge < -0.3 is 10.2 Å². The summed E-state index contributed by atoms with van der Waals surface area (Å²) in [6, 6.07) is 10.4. The smallest absolute Gasteiger partial charge is 0.291 e. The molecular weight excluding hydrogens is 328 g/mol. The van der Waals surface area contributed by atoms with Crippen molar-refractivity contribution in [1.29, 1.82) is 0 Å². The van der Waals surface area contributed by atoms with E-state index in [1.165, 1.54) is 5.56 Å². The molecule has 0 radical (unpaired) electrons. The van der Waals surface area contributed by atoms with E-state index in [2.05, 4.69) is 56.5 Å². The fourth-order valence-corrected chi connectivity index (χ4v) is 2.85. The number of nitrogens with one attached hydrogen (secondary N) is 1. The van der Waals surface area contributed by atoms with Gasteiger partial charge in [-0.05, 0) is 44.6 Å². The van der Waals surface area contributed by atoms with Gasteiger partial charge in [0.2, 0.25) is 5.82 Å². The van der Waals surface area contributed by atoms with Gasteiger partial charge in [0.05, 0.1) is 6.04 Å². The first-order valence-electron chi connectivity index (χ1n) is 8.71. The van der Waals surface area contributed by atoms with Crippen LogP contribution in [-0.2, 0) is 6.42 Å². The standard InChI is InChI=1S/C19H24N6O/c1-5-14-6-8-15(9-7-14)16(24(3)4)12-21-18(26)17-22-19-20-11-10-13(2)25(19)23-17/h6-11,16H,5,12H2,1-4H3,(H,21,26). The Morgan fingerprint density at radius 1 is 1.23 bits per heavy atom. The fourth-order valence-electron chi connectivity index (χ4n) is 2.85. The maximum absolute atomic E-state index is 12.5. The average Bonchev–Trinajstić information content (AvgIpc) is 3.08. The Hall–Kier alpha value is -2.80. The number of likely N-dealkylation sites (N-methyl/N-ethyl adjacent to an activating group) is 1. The third-order valence-corrected chi connectivity index (χ3v) is 4.49. The van der Waals surface area contributed by atoms with Gasteiger partial charge in [-0.15, -0.1) is 5.10 Å². The van der Waals surface area contributed by atoms with Crippen molar-refractivity contribution in [2.75, 3.05) is 20.6 Å². The van der Waals surface area contributed by atoms with Gasteiger partial charge in [0, 0.05) is 18.4 Å². The molecule has 3 aromatic rings. The lowest BCUT2D eigenvalue weighted by Gasteiger charge is -2.25. The maximum Gasteiger partial charge on any atom is 0.291 e. The molecule has 136 valence electrons. The van der Waals surface area contributed by atoms with Crippen LogP contribution in [0, 0.1) is 6.92 Å². The number of benzene rings is 1. The summed E-state index contributed by atoms with van der Waals surface area (Å²) in [5, 5.41) is 7.19. The van der Waals surface area contributed by atoms with Crippen LogP contribution in [0.5, 0.6) is 0 Å². The lowest BCUT2D eigenvalue weighted by Crippen LogP contribution is -2.35.